The molecule has 16 heavy (non-hydrogen) atoms. The number of benzene rings is 1. The van der Waals surface area contributed by atoms with Crippen LogP contribution in [0.4, 0.5) is 4.39 Å². The molecule has 1 aliphatic carbocycles. The van der Waals surface area contributed by atoms with Crippen LogP contribution in [0, 0.1) is 5.82 Å². The number of halogens is 1. The Morgan fingerprint density at radius 3 is 2.81 bits per heavy atom. The summed E-state index contributed by atoms with van der Waals surface area (Å²) in [5, 5.41) is 3.26. The minimum Gasteiger partial charge on any atom is -0.366 e. The van der Waals surface area contributed by atoms with Gasteiger partial charge in [0.2, 0.25) is 5.91 Å². The maximum absolute atomic E-state index is 13.4. The summed E-state index contributed by atoms with van der Waals surface area (Å²) < 4.78 is 13.4. The van der Waals surface area contributed by atoms with Gasteiger partial charge in [-0.25, -0.2) is 4.39 Å². The highest BCUT2D eigenvalue weighted by atomic mass is 19.1. The number of rotatable bonds is 4. The summed E-state index contributed by atoms with van der Waals surface area (Å²) in [4.78, 5) is 11.0. The lowest BCUT2D eigenvalue weighted by molar-refractivity contribution is 0.1000. The smallest absolute Gasteiger partial charge is 0.248 e. The van der Waals surface area contributed by atoms with Crippen molar-refractivity contribution in [3.05, 3.63) is 35.1 Å². The van der Waals surface area contributed by atoms with E-state index in [-0.39, 0.29) is 11.4 Å². The van der Waals surface area contributed by atoms with Crippen molar-refractivity contribution in [3.8, 4) is 0 Å². The summed E-state index contributed by atoms with van der Waals surface area (Å²) >= 11 is 0. The van der Waals surface area contributed by atoms with Crippen LogP contribution in [0.15, 0.2) is 18.2 Å². The topological polar surface area (TPSA) is 55.1 Å². The van der Waals surface area contributed by atoms with Crippen LogP contribution in [0.3, 0.4) is 0 Å². The fourth-order valence-electron chi connectivity index (χ4n) is 1.54. The van der Waals surface area contributed by atoms with Crippen molar-refractivity contribution in [2.75, 3.05) is 0 Å². The molecule has 0 spiro atoms. The maximum atomic E-state index is 13.4. The van der Waals surface area contributed by atoms with Gasteiger partial charge in [-0.1, -0.05) is 0 Å². The molecule has 0 aromatic heterocycles. The number of nitrogens with one attached hydrogen (secondary N) is 1. The van der Waals surface area contributed by atoms with Gasteiger partial charge in [0.1, 0.15) is 5.82 Å². The highest BCUT2D eigenvalue weighted by molar-refractivity contribution is 5.92. The van der Waals surface area contributed by atoms with Crippen molar-refractivity contribution < 1.29 is 9.18 Å². The van der Waals surface area contributed by atoms with Crippen LogP contribution in [0.1, 0.15) is 35.7 Å². The second-order valence-electron chi connectivity index (χ2n) is 4.58. The number of nitrogens with two attached hydrogens (primary N) is 1. The summed E-state index contributed by atoms with van der Waals surface area (Å²) in [6.45, 7) is 2.53. The van der Waals surface area contributed by atoms with Crippen molar-refractivity contribution in [3.63, 3.8) is 0 Å². The van der Waals surface area contributed by atoms with E-state index in [9.17, 15) is 9.18 Å². The van der Waals surface area contributed by atoms with Gasteiger partial charge < -0.3 is 11.1 Å². The van der Waals surface area contributed by atoms with Crippen LogP contribution in [0.5, 0.6) is 0 Å². The molecular formula is C12H15FN2O. The third-order valence-electron chi connectivity index (χ3n) is 3.04. The Morgan fingerprint density at radius 2 is 2.25 bits per heavy atom. The Balaban J connectivity index is 2.12. The molecule has 0 heterocycles. The Morgan fingerprint density at radius 1 is 1.56 bits per heavy atom. The third-order valence-corrected chi connectivity index (χ3v) is 3.04. The van der Waals surface area contributed by atoms with Crippen molar-refractivity contribution in [2.24, 2.45) is 5.73 Å². The standard InChI is InChI=1S/C12H15FN2O/c1-12(4-5-12)15-7-9-6-8(11(14)16)2-3-10(9)13/h2-3,6,15H,4-5,7H2,1H3,(H2,14,16). The monoisotopic (exact) mass is 222 g/mol. The van der Waals surface area contributed by atoms with Crippen LogP contribution in [-0.4, -0.2) is 11.4 Å². The van der Waals surface area contributed by atoms with Crippen molar-refractivity contribution in [1.29, 1.82) is 0 Å². The molecule has 0 saturated heterocycles. The van der Waals surface area contributed by atoms with E-state index in [0.29, 0.717) is 17.7 Å². The molecule has 4 heteroatoms. The summed E-state index contributed by atoms with van der Waals surface area (Å²) in [6.07, 6.45) is 2.23. The lowest BCUT2D eigenvalue weighted by Crippen LogP contribution is -2.27. The average molecular weight is 222 g/mol. The number of carbonyl (C=O) groups excluding carboxylic acids is 1. The predicted molar refractivity (Wildman–Crippen MR) is 59.4 cm³/mol. The molecule has 1 aliphatic rings. The molecule has 1 saturated carbocycles. The molecule has 1 fully saturated rings. The van der Waals surface area contributed by atoms with E-state index in [4.69, 9.17) is 5.73 Å². The van der Waals surface area contributed by atoms with E-state index in [0.717, 1.165) is 12.8 Å². The van der Waals surface area contributed by atoms with Gasteiger partial charge in [0.25, 0.3) is 0 Å². The first-order chi connectivity index (χ1) is 7.50. The van der Waals surface area contributed by atoms with Crippen molar-refractivity contribution >= 4 is 5.91 Å². The second-order valence-corrected chi connectivity index (χ2v) is 4.58. The summed E-state index contributed by atoms with van der Waals surface area (Å²) in [5.74, 6) is -0.833. The van der Waals surface area contributed by atoms with Crippen LogP contribution >= 0.6 is 0 Å². The molecule has 86 valence electrons. The maximum Gasteiger partial charge on any atom is 0.248 e. The molecule has 1 aromatic carbocycles. The fourth-order valence-corrected chi connectivity index (χ4v) is 1.54. The van der Waals surface area contributed by atoms with Crippen LogP contribution in [0.2, 0.25) is 0 Å². The van der Waals surface area contributed by atoms with E-state index in [1.807, 2.05) is 0 Å². The molecule has 3 N–H and O–H groups in total. The molecule has 0 atom stereocenters. The lowest BCUT2D eigenvalue weighted by atomic mass is 10.1. The molecule has 3 nitrogen and oxygen atoms in total. The highest BCUT2D eigenvalue weighted by Gasteiger charge is 2.36. The van der Waals surface area contributed by atoms with E-state index in [1.54, 1.807) is 0 Å². The van der Waals surface area contributed by atoms with Gasteiger partial charge in [-0.3, -0.25) is 4.79 Å². The number of amides is 1. The van der Waals surface area contributed by atoms with Gasteiger partial charge in [0, 0.05) is 23.2 Å². The number of hydrogen-bond donors (Lipinski definition) is 2. The lowest BCUT2D eigenvalue weighted by Gasteiger charge is -2.12. The van der Waals surface area contributed by atoms with Gasteiger partial charge >= 0.3 is 0 Å². The molecule has 1 amide bonds. The van der Waals surface area contributed by atoms with Crippen LogP contribution in [-0.2, 0) is 6.54 Å². The molecular weight excluding hydrogens is 207 g/mol. The molecule has 0 bridgehead atoms. The first-order valence-electron chi connectivity index (χ1n) is 5.33. The van der Waals surface area contributed by atoms with Crippen LogP contribution in [0.25, 0.3) is 0 Å². The average Bonchev–Trinajstić information content (AvgIpc) is 2.95. The largest absolute Gasteiger partial charge is 0.366 e. The Hall–Kier alpha value is -1.42. The summed E-state index contributed by atoms with van der Waals surface area (Å²) in [7, 11) is 0. The first-order valence-corrected chi connectivity index (χ1v) is 5.33. The quantitative estimate of drug-likeness (QED) is 0.812. The van der Waals surface area contributed by atoms with Gasteiger partial charge in [-0.05, 0) is 38.0 Å². The Bertz CT molecular complexity index is 427. The van der Waals surface area contributed by atoms with Gasteiger partial charge in [0.15, 0.2) is 0 Å². The number of carbonyl (C=O) groups is 1. The third kappa shape index (κ3) is 2.39. The Kier molecular flexibility index (Phi) is 2.68. The SMILES string of the molecule is CC1(NCc2cc(C(N)=O)ccc2F)CC1. The summed E-state index contributed by atoms with van der Waals surface area (Å²) in [5.41, 5.74) is 6.13. The fraction of sp³-hybridized carbons (Fsp3) is 0.417. The van der Waals surface area contributed by atoms with Gasteiger partial charge in [-0.2, -0.15) is 0 Å². The predicted octanol–water partition coefficient (Wildman–Crippen LogP) is 1.57. The minimum absolute atomic E-state index is 0.148. The first kappa shape index (κ1) is 11.1. The van der Waals surface area contributed by atoms with Gasteiger partial charge in [0.05, 0.1) is 0 Å². The normalized spacial score (nSPS) is 17.1. The molecule has 0 unspecified atom stereocenters. The highest BCUT2D eigenvalue weighted by Crippen LogP contribution is 2.34. The molecule has 1 aromatic rings. The zero-order valence-corrected chi connectivity index (χ0v) is 9.22. The van der Waals surface area contributed by atoms with Crippen molar-refractivity contribution in [2.45, 2.75) is 31.8 Å². The number of hydrogen-bond acceptors (Lipinski definition) is 2. The minimum atomic E-state index is -0.529. The van der Waals surface area contributed by atoms with Crippen molar-refractivity contribution in [1.82, 2.24) is 5.32 Å². The molecule has 0 aliphatic heterocycles. The molecule has 2 rings (SSSR count). The summed E-state index contributed by atoms with van der Waals surface area (Å²) in [6, 6.07) is 4.20. The number of primary amides is 1. The van der Waals surface area contributed by atoms with Gasteiger partial charge in [-0.15, -0.1) is 0 Å². The van der Waals surface area contributed by atoms with E-state index < -0.39 is 5.91 Å². The second kappa shape index (κ2) is 3.87. The van der Waals surface area contributed by atoms with Crippen LogP contribution < -0.4 is 11.1 Å². The molecule has 0 radical (unpaired) electrons. The van der Waals surface area contributed by atoms with E-state index in [2.05, 4.69) is 12.2 Å². The van der Waals surface area contributed by atoms with E-state index in [1.165, 1.54) is 18.2 Å². The zero-order chi connectivity index (χ0) is 11.8. The van der Waals surface area contributed by atoms with E-state index >= 15 is 0 Å². The zero-order valence-electron chi connectivity index (χ0n) is 9.22. The Labute approximate surface area is 93.8 Å².